The number of hydrogen-bond acceptors (Lipinski definition) is 3. The molecule has 5 nitrogen and oxygen atoms in total. The van der Waals surface area contributed by atoms with Gasteiger partial charge in [0.05, 0.1) is 6.33 Å². The molecule has 1 saturated carbocycles. The first kappa shape index (κ1) is 17.8. The molecule has 2 rings (SSSR count). The standard InChI is InChI=1S/C18H31N3O2/c1-14-5-7-15(8-6-14)12-21-13-19-11-16(21)9-10-20-17(22)23-18(2,3)4/h11,13-15H,5-10,12H2,1-4H3,(H,20,22). The zero-order valence-corrected chi connectivity index (χ0v) is 15.0. The molecule has 1 fully saturated rings. The van der Waals surface area contributed by atoms with Gasteiger partial charge in [0, 0.05) is 31.4 Å². The highest BCUT2D eigenvalue weighted by Gasteiger charge is 2.19. The fourth-order valence-corrected chi connectivity index (χ4v) is 3.12. The number of imidazole rings is 1. The molecule has 0 spiro atoms. The van der Waals surface area contributed by atoms with E-state index in [9.17, 15) is 4.79 Å². The smallest absolute Gasteiger partial charge is 0.407 e. The van der Waals surface area contributed by atoms with Gasteiger partial charge in [-0.15, -0.1) is 0 Å². The summed E-state index contributed by atoms with van der Waals surface area (Å²) in [5.74, 6) is 1.64. The molecule has 1 aromatic rings. The van der Waals surface area contributed by atoms with Crippen LogP contribution in [0.2, 0.25) is 0 Å². The molecule has 5 heteroatoms. The number of amides is 1. The van der Waals surface area contributed by atoms with Crippen molar-refractivity contribution in [2.45, 2.75) is 71.9 Å². The average molecular weight is 321 g/mol. The summed E-state index contributed by atoms with van der Waals surface area (Å²) in [6.45, 7) is 9.57. The quantitative estimate of drug-likeness (QED) is 0.898. The molecule has 0 atom stereocenters. The van der Waals surface area contributed by atoms with Crippen LogP contribution in [-0.2, 0) is 17.7 Å². The largest absolute Gasteiger partial charge is 0.444 e. The summed E-state index contributed by atoms with van der Waals surface area (Å²) in [4.78, 5) is 15.9. The molecule has 1 N–H and O–H groups in total. The lowest BCUT2D eigenvalue weighted by atomic mass is 9.83. The number of aromatic nitrogens is 2. The highest BCUT2D eigenvalue weighted by atomic mass is 16.6. The van der Waals surface area contributed by atoms with Crippen LogP contribution in [-0.4, -0.2) is 27.8 Å². The van der Waals surface area contributed by atoms with Crippen LogP contribution < -0.4 is 5.32 Å². The predicted octanol–water partition coefficient (Wildman–Crippen LogP) is 3.78. The van der Waals surface area contributed by atoms with Gasteiger partial charge in [0.15, 0.2) is 0 Å². The van der Waals surface area contributed by atoms with Crippen LogP contribution in [0.1, 0.15) is 59.1 Å². The molecule has 0 radical (unpaired) electrons. The number of nitrogens with zero attached hydrogens (tertiary/aromatic N) is 2. The topological polar surface area (TPSA) is 56.2 Å². The maximum Gasteiger partial charge on any atom is 0.407 e. The number of hydrogen-bond donors (Lipinski definition) is 1. The van der Waals surface area contributed by atoms with E-state index in [2.05, 4.69) is 21.8 Å². The van der Waals surface area contributed by atoms with Crippen molar-refractivity contribution in [3.8, 4) is 0 Å². The van der Waals surface area contributed by atoms with Gasteiger partial charge in [-0.2, -0.15) is 0 Å². The van der Waals surface area contributed by atoms with Crippen molar-refractivity contribution in [1.29, 1.82) is 0 Å². The maximum atomic E-state index is 11.7. The summed E-state index contributed by atoms with van der Waals surface area (Å²) < 4.78 is 7.49. The van der Waals surface area contributed by atoms with Crippen molar-refractivity contribution in [2.24, 2.45) is 11.8 Å². The average Bonchev–Trinajstić information content (AvgIpc) is 2.87. The molecule has 1 aliphatic rings. The molecule has 0 bridgehead atoms. The van der Waals surface area contributed by atoms with Gasteiger partial charge in [-0.3, -0.25) is 0 Å². The van der Waals surface area contributed by atoms with Crippen molar-refractivity contribution >= 4 is 6.09 Å². The van der Waals surface area contributed by atoms with Gasteiger partial charge in [-0.25, -0.2) is 9.78 Å². The van der Waals surface area contributed by atoms with Crippen LogP contribution in [0.3, 0.4) is 0 Å². The molecule has 1 aliphatic carbocycles. The summed E-state index contributed by atoms with van der Waals surface area (Å²) >= 11 is 0. The first-order valence-corrected chi connectivity index (χ1v) is 8.79. The highest BCUT2D eigenvalue weighted by molar-refractivity contribution is 5.67. The van der Waals surface area contributed by atoms with Gasteiger partial charge in [0.2, 0.25) is 0 Å². The molecule has 130 valence electrons. The summed E-state index contributed by atoms with van der Waals surface area (Å²) in [5, 5.41) is 2.81. The van der Waals surface area contributed by atoms with E-state index < -0.39 is 5.60 Å². The third kappa shape index (κ3) is 6.24. The molecule has 1 heterocycles. The van der Waals surface area contributed by atoms with E-state index in [1.165, 1.54) is 31.4 Å². The molecule has 1 aromatic heterocycles. The summed E-state index contributed by atoms with van der Waals surface area (Å²) in [5.41, 5.74) is 0.726. The zero-order chi connectivity index (χ0) is 16.9. The van der Waals surface area contributed by atoms with Gasteiger partial charge in [0.1, 0.15) is 5.60 Å². The van der Waals surface area contributed by atoms with E-state index in [1.807, 2.05) is 33.3 Å². The van der Waals surface area contributed by atoms with Crippen LogP contribution in [0.4, 0.5) is 4.79 Å². The normalized spacial score (nSPS) is 21.9. The van der Waals surface area contributed by atoms with Crippen LogP contribution >= 0.6 is 0 Å². The first-order chi connectivity index (χ1) is 10.8. The SMILES string of the molecule is CC1CCC(Cn2cncc2CCNC(=O)OC(C)(C)C)CC1. The second-order valence-electron chi connectivity index (χ2n) is 7.84. The molecular formula is C18H31N3O2. The third-order valence-corrected chi connectivity index (χ3v) is 4.44. The Hall–Kier alpha value is -1.52. The highest BCUT2D eigenvalue weighted by Crippen LogP contribution is 2.29. The first-order valence-electron chi connectivity index (χ1n) is 8.79. The molecule has 1 amide bonds. The monoisotopic (exact) mass is 321 g/mol. The van der Waals surface area contributed by atoms with Crippen LogP contribution in [0, 0.1) is 11.8 Å². The minimum atomic E-state index is -0.454. The molecule has 23 heavy (non-hydrogen) atoms. The second-order valence-corrected chi connectivity index (χ2v) is 7.84. The second kappa shape index (κ2) is 7.84. The molecule has 0 aliphatic heterocycles. The Balaban J connectivity index is 1.76. The minimum Gasteiger partial charge on any atom is -0.444 e. The van der Waals surface area contributed by atoms with Crippen LogP contribution in [0.15, 0.2) is 12.5 Å². The number of nitrogens with one attached hydrogen (secondary N) is 1. The summed E-state index contributed by atoms with van der Waals surface area (Å²) in [6, 6.07) is 0. The van der Waals surface area contributed by atoms with E-state index in [0.29, 0.717) is 6.54 Å². The van der Waals surface area contributed by atoms with Gasteiger partial charge < -0.3 is 14.6 Å². The lowest BCUT2D eigenvalue weighted by Gasteiger charge is -2.27. The van der Waals surface area contributed by atoms with Gasteiger partial charge in [0.25, 0.3) is 0 Å². The fraction of sp³-hybridized carbons (Fsp3) is 0.778. The number of carbonyl (C=O) groups is 1. The van der Waals surface area contributed by atoms with E-state index in [4.69, 9.17) is 4.74 Å². The number of carbonyl (C=O) groups excluding carboxylic acids is 1. The summed E-state index contributed by atoms with van der Waals surface area (Å²) in [6.07, 6.45) is 9.56. The van der Waals surface area contributed by atoms with Crippen molar-refractivity contribution in [3.05, 3.63) is 18.2 Å². The van der Waals surface area contributed by atoms with Crippen molar-refractivity contribution in [3.63, 3.8) is 0 Å². The van der Waals surface area contributed by atoms with Gasteiger partial charge >= 0.3 is 6.09 Å². The molecule has 0 unspecified atom stereocenters. The van der Waals surface area contributed by atoms with Gasteiger partial charge in [-0.1, -0.05) is 19.8 Å². The Bertz CT molecular complexity index is 497. The molecule has 0 saturated heterocycles. The van der Waals surface area contributed by atoms with Crippen molar-refractivity contribution in [2.75, 3.05) is 6.54 Å². The number of alkyl carbamates (subject to hydrolysis) is 1. The number of ether oxygens (including phenoxy) is 1. The Morgan fingerprint density at radius 2 is 2.04 bits per heavy atom. The van der Waals surface area contributed by atoms with Crippen LogP contribution in [0.5, 0.6) is 0 Å². The maximum absolute atomic E-state index is 11.7. The zero-order valence-electron chi connectivity index (χ0n) is 15.0. The fourth-order valence-electron chi connectivity index (χ4n) is 3.12. The Kier molecular flexibility index (Phi) is 6.08. The molecule has 0 aromatic carbocycles. The Labute approximate surface area is 139 Å². The minimum absolute atomic E-state index is 0.357. The third-order valence-electron chi connectivity index (χ3n) is 4.44. The molecular weight excluding hydrogens is 290 g/mol. The van der Waals surface area contributed by atoms with Crippen molar-refractivity contribution in [1.82, 2.24) is 14.9 Å². The Morgan fingerprint density at radius 1 is 1.35 bits per heavy atom. The van der Waals surface area contributed by atoms with E-state index in [-0.39, 0.29) is 6.09 Å². The van der Waals surface area contributed by atoms with E-state index in [1.54, 1.807) is 0 Å². The lowest BCUT2D eigenvalue weighted by molar-refractivity contribution is 0.0528. The van der Waals surface area contributed by atoms with Crippen LogP contribution in [0.25, 0.3) is 0 Å². The number of rotatable bonds is 5. The predicted molar refractivity (Wildman–Crippen MR) is 91.3 cm³/mol. The van der Waals surface area contributed by atoms with E-state index in [0.717, 1.165) is 24.8 Å². The van der Waals surface area contributed by atoms with Crippen molar-refractivity contribution < 1.29 is 9.53 Å². The van der Waals surface area contributed by atoms with Gasteiger partial charge in [-0.05, 0) is 45.4 Å². The Morgan fingerprint density at radius 3 is 2.70 bits per heavy atom. The van der Waals surface area contributed by atoms with E-state index >= 15 is 0 Å². The lowest BCUT2D eigenvalue weighted by Crippen LogP contribution is -2.33. The summed E-state index contributed by atoms with van der Waals surface area (Å²) in [7, 11) is 0.